The van der Waals surface area contributed by atoms with Gasteiger partial charge in [-0.25, -0.2) is 0 Å². The van der Waals surface area contributed by atoms with Crippen LogP contribution in [0.2, 0.25) is 0 Å². The van der Waals surface area contributed by atoms with E-state index in [1.807, 2.05) is 25.3 Å². The first-order valence-corrected chi connectivity index (χ1v) is 5.81. The van der Waals surface area contributed by atoms with Gasteiger partial charge in [0.1, 0.15) is 0 Å². The van der Waals surface area contributed by atoms with E-state index in [1.54, 1.807) is 0 Å². The van der Waals surface area contributed by atoms with Gasteiger partial charge in [0.25, 0.3) is 0 Å². The van der Waals surface area contributed by atoms with Crippen molar-refractivity contribution in [1.82, 2.24) is 4.98 Å². The van der Waals surface area contributed by atoms with Crippen LogP contribution in [-0.2, 0) is 0 Å². The third-order valence-corrected chi connectivity index (χ3v) is 2.82. The van der Waals surface area contributed by atoms with Gasteiger partial charge in [-0.1, -0.05) is 24.3 Å². The first kappa shape index (κ1) is 11.6. The lowest BCUT2D eigenvalue weighted by molar-refractivity contribution is 0.671. The molecular weight excluding hydrogens is 208 g/mol. The molecule has 0 aliphatic rings. The number of pyridine rings is 1. The Labute approximate surface area is 102 Å². The van der Waals surface area contributed by atoms with E-state index in [1.165, 1.54) is 0 Å². The Morgan fingerprint density at radius 3 is 2.94 bits per heavy atom. The van der Waals surface area contributed by atoms with Gasteiger partial charge in [-0.15, -0.1) is 11.8 Å². The molecule has 0 bridgehead atoms. The number of aromatic nitrogens is 1. The second kappa shape index (κ2) is 5.47. The molecule has 0 aliphatic heterocycles. The zero-order valence-electron chi connectivity index (χ0n) is 9.98. The summed E-state index contributed by atoms with van der Waals surface area (Å²) in [7, 11) is 0. The molecule has 86 valence electrons. The zero-order chi connectivity index (χ0) is 12.1. The Bertz CT molecular complexity index is 558. The molecule has 1 atom stereocenters. The molecule has 17 heavy (non-hydrogen) atoms. The van der Waals surface area contributed by atoms with E-state index in [0.29, 0.717) is 0 Å². The normalized spacial score (nSPS) is 11.9. The third-order valence-electron chi connectivity index (χ3n) is 2.82. The van der Waals surface area contributed by atoms with Crippen LogP contribution in [-0.4, -0.2) is 4.98 Å². The number of benzene rings is 1. The molecule has 1 aromatic heterocycles. The molecule has 2 N–H and O–H groups in total. The molecule has 0 radical (unpaired) electrons. The van der Waals surface area contributed by atoms with Gasteiger partial charge in [-0.3, -0.25) is 4.98 Å². The van der Waals surface area contributed by atoms with Crippen LogP contribution in [0.1, 0.15) is 31.4 Å². The van der Waals surface area contributed by atoms with Crippen molar-refractivity contribution in [2.75, 3.05) is 0 Å². The molecule has 0 saturated heterocycles. The molecule has 2 aromatic rings. The maximum atomic E-state index is 6.19. The minimum Gasteiger partial charge on any atom is -0.324 e. The predicted octanol–water partition coefficient (Wildman–Crippen LogP) is 3.04. The smallest absolute Gasteiger partial charge is 0.0749 e. The van der Waals surface area contributed by atoms with E-state index < -0.39 is 0 Å². The summed E-state index contributed by atoms with van der Waals surface area (Å²) in [6, 6.07) is 10.2. The Kier molecular flexibility index (Phi) is 3.74. The highest BCUT2D eigenvalue weighted by atomic mass is 14.7. The molecule has 0 fully saturated rings. The summed E-state index contributed by atoms with van der Waals surface area (Å²) in [5, 5.41) is 1.14. The van der Waals surface area contributed by atoms with Crippen molar-refractivity contribution in [3.63, 3.8) is 0 Å². The van der Waals surface area contributed by atoms with Gasteiger partial charge in [-0.05, 0) is 25.0 Å². The van der Waals surface area contributed by atoms with Crippen LogP contribution in [0.5, 0.6) is 0 Å². The van der Waals surface area contributed by atoms with Crippen molar-refractivity contribution in [1.29, 1.82) is 0 Å². The van der Waals surface area contributed by atoms with E-state index in [4.69, 9.17) is 5.73 Å². The van der Waals surface area contributed by atoms with Crippen LogP contribution in [0, 0.1) is 11.8 Å². The summed E-state index contributed by atoms with van der Waals surface area (Å²) < 4.78 is 0. The third kappa shape index (κ3) is 2.64. The van der Waals surface area contributed by atoms with E-state index in [-0.39, 0.29) is 6.04 Å². The lowest BCUT2D eigenvalue weighted by atomic mass is 10.00. The first-order valence-electron chi connectivity index (χ1n) is 5.81. The average Bonchev–Trinajstić information content (AvgIpc) is 2.38. The van der Waals surface area contributed by atoms with Crippen LogP contribution in [0.4, 0.5) is 0 Å². The fourth-order valence-electron chi connectivity index (χ4n) is 1.94. The Balaban J connectivity index is 2.30. The summed E-state index contributed by atoms with van der Waals surface area (Å²) >= 11 is 0. The van der Waals surface area contributed by atoms with Gasteiger partial charge in [-0.2, -0.15) is 0 Å². The topological polar surface area (TPSA) is 38.9 Å². The van der Waals surface area contributed by atoms with Gasteiger partial charge in [0.2, 0.25) is 0 Å². The molecule has 0 saturated carbocycles. The molecule has 1 aromatic carbocycles. The molecular formula is C15H16N2. The average molecular weight is 224 g/mol. The molecule has 0 amide bonds. The Morgan fingerprint density at radius 2 is 2.12 bits per heavy atom. The number of nitrogens with zero attached hydrogens (tertiary/aromatic N) is 1. The first-order chi connectivity index (χ1) is 8.33. The highest BCUT2D eigenvalue weighted by molar-refractivity contribution is 5.81. The molecule has 1 heterocycles. The molecule has 0 aliphatic carbocycles. The van der Waals surface area contributed by atoms with E-state index >= 15 is 0 Å². The lowest BCUT2D eigenvalue weighted by Gasteiger charge is -2.12. The van der Waals surface area contributed by atoms with Gasteiger partial charge in [0.05, 0.1) is 5.52 Å². The van der Waals surface area contributed by atoms with Crippen LogP contribution in [0.25, 0.3) is 10.9 Å². The van der Waals surface area contributed by atoms with Crippen LogP contribution in [0.15, 0.2) is 36.5 Å². The standard InChI is InChI=1S/C15H16N2/c1-2-3-4-10-14(16)13-9-5-7-12-8-6-11-17-15(12)13/h5-9,11,14H,4,10,16H2,1H3. The van der Waals surface area contributed by atoms with Gasteiger partial charge < -0.3 is 5.73 Å². The fourth-order valence-corrected chi connectivity index (χ4v) is 1.94. The quantitative estimate of drug-likeness (QED) is 0.814. The number of fused-ring (bicyclic) bond motifs is 1. The lowest BCUT2D eigenvalue weighted by Crippen LogP contribution is -2.10. The minimum atomic E-state index is 0.00875. The largest absolute Gasteiger partial charge is 0.324 e. The van der Waals surface area contributed by atoms with Gasteiger partial charge in [0, 0.05) is 24.0 Å². The number of para-hydroxylation sites is 1. The molecule has 2 heteroatoms. The van der Waals surface area contributed by atoms with Crippen LogP contribution >= 0.6 is 0 Å². The maximum Gasteiger partial charge on any atom is 0.0749 e. The summed E-state index contributed by atoms with van der Waals surface area (Å²) in [5.74, 6) is 5.94. The second-order valence-corrected chi connectivity index (χ2v) is 3.99. The fraction of sp³-hybridized carbons (Fsp3) is 0.267. The van der Waals surface area contributed by atoms with Crippen molar-refractivity contribution >= 4 is 10.9 Å². The minimum absolute atomic E-state index is 0.00875. The summed E-state index contributed by atoms with van der Waals surface area (Å²) in [4.78, 5) is 4.41. The highest BCUT2D eigenvalue weighted by Gasteiger charge is 2.09. The summed E-state index contributed by atoms with van der Waals surface area (Å²) in [6.45, 7) is 1.85. The Morgan fingerprint density at radius 1 is 1.29 bits per heavy atom. The van der Waals surface area contributed by atoms with Gasteiger partial charge >= 0.3 is 0 Å². The molecule has 2 nitrogen and oxygen atoms in total. The van der Waals surface area contributed by atoms with E-state index in [2.05, 4.69) is 35.0 Å². The molecule has 0 spiro atoms. The maximum absolute atomic E-state index is 6.19. The van der Waals surface area contributed by atoms with Crippen molar-refractivity contribution in [3.05, 3.63) is 42.1 Å². The monoisotopic (exact) mass is 224 g/mol. The predicted molar refractivity (Wildman–Crippen MR) is 71.4 cm³/mol. The summed E-state index contributed by atoms with van der Waals surface area (Å²) in [6.07, 6.45) is 3.52. The number of nitrogens with two attached hydrogens (primary N) is 1. The van der Waals surface area contributed by atoms with Crippen molar-refractivity contribution in [2.24, 2.45) is 5.73 Å². The van der Waals surface area contributed by atoms with Crippen molar-refractivity contribution in [2.45, 2.75) is 25.8 Å². The van der Waals surface area contributed by atoms with E-state index in [0.717, 1.165) is 29.3 Å². The number of hydrogen-bond acceptors (Lipinski definition) is 2. The van der Waals surface area contributed by atoms with Crippen molar-refractivity contribution in [3.8, 4) is 11.8 Å². The van der Waals surface area contributed by atoms with Crippen LogP contribution in [0.3, 0.4) is 0 Å². The van der Waals surface area contributed by atoms with Crippen LogP contribution < -0.4 is 5.73 Å². The number of hydrogen-bond donors (Lipinski definition) is 1. The number of rotatable bonds is 3. The zero-order valence-corrected chi connectivity index (χ0v) is 9.98. The van der Waals surface area contributed by atoms with Crippen molar-refractivity contribution < 1.29 is 0 Å². The second-order valence-electron chi connectivity index (χ2n) is 3.99. The molecule has 1 unspecified atom stereocenters. The van der Waals surface area contributed by atoms with Gasteiger partial charge in [0.15, 0.2) is 0 Å². The highest BCUT2D eigenvalue weighted by Crippen LogP contribution is 2.23. The summed E-state index contributed by atoms with van der Waals surface area (Å²) in [5.41, 5.74) is 8.31. The van der Waals surface area contributed by atoms with E-state index in [9.17, 15) is 0 Å². The Hall–Kier alpha value is -1.85. The molecule has 2 rings (SSSR count). The SMILES string of the molecule is CC#CCCC(N)c1cccc2cccnc12.